The lowest BCUT2D eigenvalue weighted by Crippen LogP contribution is -2.04. The number of aryl methyl sites for hydroxylation is 6. The third-order valence-corrected chi connectivity index (χ3v) is 5.03. The molecule has 1 aromatic carbocycles. The van der Waals surface area contributed by atoms with Gasteiger partial charge in [-0.15, -0.1) is 0 Å². The maximum Gasteiger partial charge on any atom is 0.163 e. The zero-order chi connectivity index (χ0) is 18.8. The van der Waals surface area contributed by atoms with Crippen LogP contribution in [0.1, 0.15) is 53.0 Å². The number of hydrogen-bond acceptors (Lipinski definition) is 3. The van der Waals surface area contributed by atoms with Crippen LogP contribution in [0, 0.1) is 34.6 Å². The van der Waals surface area contributed by atoms with Gasteiger partial charge in [-0.1, -0.05) is 24.1 Å². The molecule has 0 radical (unpaired) electrons. The predicted molar refractivity (Wildman–Crippen MR) is 109 cm³/mol. The molecule has 4 nitrogen and oxygen atoms in total. The highest BCUT2D eigenvalue weighted by Gasteiger charge is 2.19. The monoisotopic (exact) mass is 350 g/mol. The lowest BCUT2D eigenvalue weighted by molar-refractivity contribution is 0.664. The summed E-state index contributed by atoms with van der Waals surface area (Å²) < 4.78 is 2.05. The molecule has 0 unspecified atom stereocenters. The summed E-state index contributed by atoms with van der Waals surface area (Å²) in [7, 11) is 0. The van der Waals surface area contributed by atoms with Crippen molar-refractivity contribution >= 4 is 5.65 Å². The van der Waals surface area contributed by atoms with Crippen LogP contribution in [0.2, 0.25) is 0 Å². The van der Waals surface area contributed by atoms with Crippen molar-refractivity contribution < 1.29 is 0 Å². The Labute approximate surface area is 156 Å². The van der Waals surface area contributed by atoms with Crippen molar-refractivity contribution in [1.29, 1.82) is 0 Å². The largest absolute Gasteiger partial charge is 0.330 e. The van der Waals surface area contributed by atoms with Crippen LogP contribution in [0.3, 0.4) is 0 Å². The van der Waals surface area contributed by atoms with E-state index < -0.39 is 0 Å². The van der Waals surface area contributed by atoms with E-state index in [-0.39, 0.29) is 0 Å². The van der Waals surface area contributed by atoms with Gasteiger partial charge in [0, 0.05) is 11.4 Å². The number of nitrogens with zero attached hydrogens (tertiary/aromatic N) is 3. The summed E-state index contributed by atoms with van der Waals surface area (Å²) in [6.07, 6.45) is 4.37. The lowest BCUT2D eigenvalue weighted by atomic mass is 9.94. The van der Waals surface area contributed by atoms with E-state index in [9.17, 15) is 0 Å². The standard InChI is InChI=1S/C22H30N4/c1-14-11-15(2)20(16(3)12-14)21-18(5)25-26-19(9-7-6-8-10-23)13-17(4)24-22(21)26/h11-13H,6-10,23H2,1-5H3. The Morgan fingerprint density at radius 2 is 1.58 bits per heavy atom. The van der Waals surface area contributed by atoms with Crippen LogP contribution in [0.15, 0.2) is 18.2 Å². The van der Waals surface area contributed by atoms with Crippen LogP contribution < -0.4 is 5.73 Å². The summed E-state index contributed by atoms with van der Waals surface area (Å²) in [5.74, 6) is 0. The molecule has 2 N–H and O–H groups in total. The highest BCUT2D eigenvalue weighted by molar-refractivity contribution is 5.84. The first kappa shape index (κ1) is 18.6. The van der Waals surface area contributed by atoms with Gasteiger partial charge >= 0.3 is 0 Å². The molecular formula is C22H30N4. The van der Waals surface area contributed by atoms with E-state index in [1.807, 2.05) is 0 Å². The van der Waals surface area contributed by atoms with Crippen molar-refractivity contribution in [1.82, 2.24) is 14.6 Å². The fourth-order valence-corrected chi connectivity index (χ4v) is 3.99. The van der Waals surface area contributed by atoms with E-state index in [0.29, 0.717) is 0 Å². The third kappa shape index (κ3) is 3.51. The van der Waals surface area contributed by atoms with Gasteiger partial charge in [-0.05, 0) is 83.2 Å². The predicted octanol–water partition coefficient (Wildman–Crippen LogP) is 4.61. The van der Waals surface area contributed by atoms with Gasteiger partial charge in [-0.25, -0.2) is 9.50 Å². The summed E-state index contributed by atoms with van der Waals surface area (Å²) >= 11 is 0. The van der Waals surface area contributed by atoms with Crippen molar-refractivity contribution in [2.75, 3.05) is 6.54 Å². The van der Waals surface area contributed by atoms with Gasteiger partial charge in [0.05, 0.1) is 11.3 Å². The third-order valence-electron chi connectivity index (χ3n) is 5.03. The minimum absolute atomic E-state index is 0.766. The summed E-state index contributed by atoms with van der Waals surface area (Å²) in [5, 5.41) is 4.86. The molecule has 0 aliphatic carbocycles. The van der Waals surface area contributed by atoms with Gasteiger partial charge in [-0.2, -0.15) is 5.10 Å². The van der Waals surface area contributed by atoms with Gasteiger partial charge in [0.15, 0.2) is 5.65 Å². The van der Waals surface area contributed by atoms with Crippen LogP contribution in [-0.2, 0) is 6.42 Å². The molecule has 138 valence electrons. The number of hydrogen-bond donors (Lipinski definition) is 1. The van der Waals surface area contributed by atoms with Gasteiger partial charge < -0.3 is 5.73 Å². The van der Waals surface area contributed by atoms with Gasteiger partial charge in [0.25, 0.3) is 0 Å². The molecule has 2 aromatic heterocycles. The maximum absolute atomic E-state index is 5.62. The zero-order valence-electron chi connectivity index (χ0n) is 16.7. The fraction of sp³-hybridized carbons (Fsp3) is 0.455. The molecule has 26 heavy (non-hydrogen) atoms. The fourth-order valence-electron chi connectivity index (χ4n) is 3.99. The first-order valence-corrected chi connectivity index (χ1v) is 9.56. The van der Waals surface area contributed by atoms with Crippen molar-refractivity contribution in [3.05, 3.63) is 52.0 Å². The van der Waals surface area contributed by atoms with Crippen LogP contribution in [-0.4, -0.2) is 21.1 Å². The van der Waals surface area contributed by atoms with Gasteiger partial charge in [0.1, 0.15) is 0 Å². The normalized spacial score (nSPS) is 11.5. The summed E-state index contributed by atoms with van der Waals surface area (Å²) in [4.78, 5) is 4.86. The van der Waals surface area contributed by atoms with Crippen molar-refractivity contribution in [3.63, 3.8) is 0 Å². The van der Waals surface area contributed by atoms with Crippen LogP contribution in [0.4, 0.5) is 0 Å². The Morgan fingerprint density at radius 3 is 2.23 bits per heavy atom. The number of benzene rings is 1. The van der Waals surface area contributed by atoms with Crippen LogP contribution in [0.5, 0.6) is 0 Å². The maximum atomic E-state index is 5.62. The molecule has 3 rings (SSSR count). The molecule has 0 spiro atoms. The summed E-state index contributed by atoms with van der Waals surface area (Å²) in [6, 6.07) is 6.66. The van der Waals surface area contributed by atoms with E-state index >= 15 is 0 Å². The quantitative estimate of drug-likeness (QED) is 0.661. The molecule has 0 saturated heterocycles. The number of unbranched alkanes of at least 4 members (excludes halogenated alkanes) is 2. The van der Waals surface area contributed by atoms with E-state index in [4.69, 9.17) is 15.8 Å². The molecule has 0 aliphatic heterocycles. The molecular weight excluding hydrogens is 320 g/mol. The van der Waals surface area contributed by atoms with Gasteiger partial charge in [0.2, 0.25) is 0 Å². The lowest BCUT2D eigenvalue weighted by Gasteiger charge is -2.12. The number of rotatable bonds is 6. The average molecular weight is 351 g/mol. The summed E-state index contributed by atoms with van der Waals surface area (Å²) in [5.41, 5.74) is 16.2. The Bertz CT molecular complexity index is 914. The van der Waals surface area contributed by atoms with E-state index in [1.54, 1.807) is 0 Å². The first-order chi connectivity index (χ1) is 12.4. The molecule has 0 atom stereocenters. The highest BCUT2D eigenvalue weighted by atomic mass is 15.3. The summed E-state index contributed by atoms with van der Waals surface area (Å²) in [6.45, 7) is 11.4. The molecule has 0 amide bonds. The Hall–Kier alpha value is -2.20. The number of aromatic nitrogens is 3. The SMILES string of the molecule is Cc1cc(C)c(-c2c(C)nn3c(CCCCCN)cc(C)nc23)c(C)c1. The van der Waals surface area contributed by atoms with Crippen molar-refractivity contribution in [3.8, 4) is 11.1 Å². The number of fused-ring (bicyclic) bond motifs is 1. The second-order valence-electron chi connectivity index (χ2n) is 7.46. The zero-order valence-corrected chi connectivity index (χ0v) is 16.7. The van der Waals surface area contributed by atoms with Crippen molar-refractivity contribution in [2.24, 2.45) is 5.73 Å². The average Bonchev–Trinajstić information content (AvgIpc) is 2.87. The Kier molecular flexibility index (Phi) is 5.42. The molecule has 0 aliphatic rings. The first-order valence-electron chi connectivity index (χ1n) is 9.56. The number of nitrogens with two attached hydrogens (primary N) is 1. The molecule has 0 bridgehead atoms. The Morgan fingerprint density at radius 1 is 0.885 bits per heavy atom. The van der Waals surface area contributed by atoms with Crippen LogP contribution >= 0.6 is 0 Å². The molecule has 2 heterocycles. The molecule has 4 heteroatoms. The minimum Gasteiger partial charge on any atom is -0.330 e. The minimum atomic E-state index is 0.766. The smallest absolute Gasteiger partial charge is 0.163 e. The topological polar surface area (TPSA) is 56.2 Å². The van der Waals surface area contributed by atoms with Gasteiger partial charge in [-0.3, -0.25) is 0 Å². The second kappa shape index (κ2) is 7.58. The van der Waals surface area contributed by atoms with Crippen LogP contribution in [0.25, 0.3) is 16.8 Å². The second-order valence-corrected chi connectivity index (χ2v) is 7.46. The van der Waals surface area contributed by atoms with E-state index in [1.165, 1.54) is 33.5 Å². The molecule has 0 fully saturated rings. The Balaban J connectivity index is 2.14. The molecule has 0 saturated carbocycles. The van der Waals surface area contributed by atoms with E-state index in [2.05, 4.69) is 57.3 Å². The molecule has 3 aromatic rings. The van der Waals surface area contributed by atoms with Crippen molar-refractivity contribution in [2.45, 2.75) is 60.3 Å². The highest BCUT2D eigenvalue weighted by Crippen LogP contribution is 2.34. The van der Waals surface area contributed by atoms with E-state index in [0.717, 1.165) is 49.3 Å².